The van der Waals surface area contributed by atoms with E-state index in [1.54, 1.807) is 30.4 Å². The van der Waals surface area contributed by atoms with Gasteiger partial charge in [0.2, 0.25) is 0 Å². The summed E-state index contributed by atoms with van der Waals surface area (Å²) in [5.74, 6) is 0.669. The van der Waals surface area contributed by atoms with Crippen molar-refractivity contribution in [3.05, 3.63) is 46.5 Å². The zero-order valence-corrected chi connectivity index (χ0v) is 8.68. The van der Waals surface area contributed by atoms with Crippen molar-refractivity contribution in [2.45, 2.75) is 0 Å². The number of allylic oxidation sites excluding steroid dienone is 1. The minimum atomic E-state index is -0.472. The molecule has 0 aliphatic rings. The number of benzene rings is 1. The number of hydrogen-bond donors (Lipinski definition) is 0. The van der Waals surface area contributed by atoms with Crippen LogP contribution in [0.2, 0.25) is 0 Å². The second kappa shape index (κ2) is 6.03. The summed E-state index contributed by atoms with van der Waals surface area (Å²) in [6, 6.07) is 6.25. The fourth-order valence-electron chi connectivity index (χ4n) is 0.999. The molecule has 15 heavy (non-hydrogen) atoms. The first-order chi connectivity index (χ1) is 7.25. The van der Waals surface area contributed by atoms with Gasteiger partial charge in [-0.1, -0.05) is 24.3 Å². The summed E-state index contributed by atoms with van der Waals surface area (Å²) in [7, 11) is 0. The molecule has 0 aliphatic carbocycles. The van der Waals surface area contributed by atoms with Gasteiger partial charge in [0.25, 0.3) is 0 Å². The molecule has 0 aliphatic heterocycles. The Morgan fingerprint density at radius 3 is 2.80 bits per heavy atom. The van der Waals surface area contributed by atoms with Gasteiger partial charge in [0.1, 0.15) is 6.61 Å². The highest BCUT2D eigenvalue weighted by Gasteiger charge is 2.12. The van der Waals surface area contributed by atoms with Crippen molar-refractivity contribution in [3.63, 3.8) is 0 Å². The van der Waals surface area contributed by atoms with Crippen molar-refractivity contribution in [2.75, 3.05) is 12.5 Å². The Balaban J connectivity index is 2.67. The van der Waals surface area contributed by atoms with E-state index in [-0.39, 0.29) is 18.0 Å². The van der Waals surface area contributed by atoms with E-state index in [1.807, 2.05) is 0 Å². The SMILES string of the molecule is O=[N+]([O-])c1ccccc1OCC=CCCl. The van der Waals surface area contributed by atoms with Gasteiger partial charge in [0.15, 0.2) is 5.75 Å². The van der Waals surface area contributed by atoms with E-state index in [0.717, 1.165) is 0 Å². The van der Waals surface area contributed by atoms with Crippen LogP contribution in [-0.2, 0) is 0 Å². The van der Waals surface area contributed by atoms with Crippen LogP contribution in [0, 0.1) is 10.1 Å². The van der Waals surface area contributed by atoms with Gasteiger partial charge in [-0.05, 0) is 6.07 Å². The Morgan fingerprint density at radius 2 is 2.13 bits per heavy atom. The molecule has 0 saturated heterocycles. The maximum Gasteiger partial charge on any atom is 0.310 e. The van der Waals surface area contributed by atoms with E-state index in [9.17, 15) is 10.1 Å². The molecular weight excluding hydrogens is 218 g/mol. The minimum absolute atomic E-state index is 0.0308. The first-order valence-electron chi connectivity index (χ1n) is 4.33. The summed E-state index contributed by atoms with van der Waals surface area (Å²) in [4.78, 5) is 10.1. The fourth-order valence-corrected chi connectivity index (χ4v) is 1.12. The number of rotatable bonds is 5. The fraction of sp³-hybridized carbons (Fsp3) is 0.200. The molecule has 0 aromatic heterocycles. The first-order valence-corrected chi connectivity index (χ1v) is 4.86. The van der Waals surface area contributed by atoms with Crippen molar-refractivity contribution in [1.82, 2.24) is 0 Å². The second-order valence-electron chi connectivity index (χ2n) is 2.66. The molecule has 1 aromatic carbocycles. The van der Waals surface area contributed by atoms with E-state index < -0.39 is 4.92 Å². The van der Waals surface area contributed by atoms with Gasteiger partial charge in [-0.3, -0.25) is 10.1 Å². The molecular formula is C10H10ClNO3. The van der Waals surface area contributed by atoms with Crippen LogP contribution < -0.4 is 4.74 Å². The van der Waals surface area contributed by atoms with Gasteiger partial charge >= 0.3 is 5.69 Å². The van der Waals surface area contributed by atoms with Crippen LogP contribution in [0.3, 0.4) is 0 Å². The average Bonchev–Trinajstić information content (AvgIpc) is 2.25. The Labute approximate surface area is 92.3 Å². The summed E-state index contributed by atoms with van der Waals surface area (Å²) in [5, 5.41) is 10.6. The standard InChI is InChI=1S/C10H10ClNO3/c11-7-3-4-8-15-10-6-2-1-5-9(10)12(13)14/h1-6H,7-8H2. The normalized spacial score (nSPS) is 10.5. The van der Waals surface area contributed by atoms with E-state index in [1.165, 1.54) is 6.07 Å². The third-order valence-corrected chi connectivity index (χ3v) is 1.83. The highest BCUT2D eigenvalue weighted by Crippen LogP contribution is 2.25. The predicted molar refractivity (Wildman–Crippen MR) is 58.5 cm³/mol. The van der Waals surface area contributed by atoms with E-state index in [0.29, 0.717) is 5.88 Å². The molecule has 0 unspecified atom stereocenters. The molecule has 5 heteroatoms. The monoisotopic (exact) mass is 227 g/mol. The summed E-state index contributed by atoms with van der Waals surface area (Å²) >= 11 is 5.41. The van der Waals surface area contributed by atoms with E-state index >= 15 is 0 Å². The Bertz CT molecular complexity index is 365. The van der Waals surface area contributed by atoms with Crippen LogP contribution in [0.4, 0.5) is 5.69 Å². The van der Waals surface area contributed by atoms with Crippen LogP contribution in [0.5, 0.6) is 5.75 Å². The Morgan fingerprint density at radius 1 is 1.40 bits per heavy atom. The van der Waals surface area contributed by atoms with Crippen molar-refractivity contribution in [3.8, 4) is 5.75 Å². The lowest BCUT2D eigenvalue weighted by Crippen LogP contribution is -1.97. The molecule has 4 nitrogen and oxygen atoms in total. The molecule has 0 fully saturated rings. The summed E-state index contributed by atoms with van der Waals surface area (Å²) < 4.78 is 5.21. The largest absolute Gasteiger partial charge is 0.483 e. The van der Waals surface area contributed by atoms with Crippen LogP contribution in [0.15, 0.2) is 36.4 Å². The number of para-hydroxylation sites is 2. The highest BCUT2D eigenvalue weighted by molar-refractivity contribution is 6.18. The van der Waals surface area contributed by atoms with E-state index in [2.05, 4.69) is 0 Å². The molecule has 1 aromatic rings. The van der Waals surface area contributed by atoms with Gasteiger partial charge in [-0.25, -0.2) is 0 Å². The van der Waals surface area contributed by atoms with Gasteiger partial charge in [0, 0.05) is 11.9 Å². The van der Waals surface area contributed by atoms with Crippen molar-refractivity contribution >= 4 is 17.3 Å². The van der Waals surface area contributed by atoms with Gasteiger partial charge in [-0.15, -0.1) is 11.6 Å². The number of alkyl halides is 1. The Hall–Kier alpha value is -1.55. The molecule has 0 radical (unpaired) electrons. The van der Waals surface area contributed by atoms with Gasteiger partial charge in [0.05, 0.1) is 4.92 Å². The highest BCUT2D eigenvalue weighted by atomic mass is 35.5. The lowest BCUT2D eigenvalue weighted by molar-refractivity contribution is -0.385. The van der Waals surface area contributed by atoms with Crippen molar-refractivity contribution < 1.29 is 9.66 Å². The molecule has 1 rings (SSSR count). The topological polar surface area (TPSA) is 52.4 Å². The number of nitro groups is 1. The Kier molecular flexibility index (Phi) is 4.63. The third kappa shape index (κ3) is 3.59. The number of nitrogens with zero attached hydrogens (tertiary/aromatic N) is 1. The van der Waals surface area contributed by atoms with Gasteiger partial charge in [-0.2, -0.15) is 0 Å². The molecule has 0 atom stereocenters. The lowest BCUT2D eigenvalue weighted by Gasteiger charge is -2.02. The van der Waals surface area contributed by atoms with Crippen LogP contribution in [-0.4, -0.2) is 17.4 Å². The molecule has 0 amide bonds. The molecule has 0 heterocycles. The smallest absolute Gasteiger partial charge is 0.310 e. The van der Waals surface area contributed by atoms with Crippen molar-refractivity contribution in [1.29, 1.82) is 0 Å². The van der Waals surface area contributed by atoms with Crippen LogP contribution in [0.25, 0.3) is 0 Å². The number of nitro benzene ring substituents is 1. The lowest BCUT2D eigenvalue weighted by atomic mass is 10.3. The minimum Gasteiger partial charge on any atom is -0.483 e. The molecule has 0 bridgehead atoms. The maximum atomic E-state index is 10.6. The molecule has 0 N–H and O–H groups in total. The van der Waals surface area contributed by atoms with Crippen molar-refractivity contribution in [2.24, 2.45) is 0 Å². The number of hydrogen-bond acceptors (Lipinski definition) is 3. The quantitative estimate of drug-likeness (QED) is 0.336. The average molecular weight is 228 g/mol. The zero-order valence-electron chi connectivity index (χ0n) is 7.93. The molecule has 0 spiro atoms. The zero-order chi connectivity index (χ0) is 11.1. The predicted octanol–water partition coefficient (Wildman–Crippen LogP) is 2.77. The molecule has 80 valence electrons. The molecule has 0 saturated carbocycles. The summed E-state index contributed by atoms with van der Waals surface area (Å²) in [6.07, 6.45) is 3.43. The maximum absolute atomic E-state index is 10.6. The summed E-state index contributed by atoms with van der Waals surface area (Å²) in [5.41, 5.74) is -0.0308. The van der Waals surface area contributed by atoms with E-state index in [4.69, 9.17) is 16.3 Å². The number of halogens is 1. The number of ether oxygens (including phenoxy) is 1. The first kappa shape index (κ1) is 11.5. The third-order valence-electron chi connectivity index (χ3n) is 1.65. The van der Waals surface area contributed by atoms with Crippen LogP contribution >= 0.6 is 11.6 Å². The second-order valence-corrected chi connectivity index (χ2v) is 2.97. The summed E-state index contributed by atoms with van der Waals surface area (Å²) in [6.45, 7) is 0.275. The van der Waals surface area contributed by atoms with Crippen LogP contribution in [0.1, 0.15) is 0 Å². The van der Waals surface area contributed by atoms with Gasteiger partial charge < -0.3 is 4.74 Å².